The summed E-state index contributed by atoms with van der Waals surface area (Å²) in [5, 5.41) is 3.23. The van der Waals surface area contributed by atoms with Crippen molar-refractivity contribution >= 4 is 22.6 Å². The number of hydrogen-bond donors (Lipinski definition) is 1. The molecule has 0 radical (unpaired) electrons. The van der Waals surface area contributed by atoms with E-state index in [9.17, 15) is 13.2 Å². The Kier molecular flexibility index (Phi) is 3.85. The molecule has 98 valence electrons. The Morgan fingerprint density at radius 1 is 1.28 bits per heavy atom. The second-order valence-electron chi connectivity index (χ2n) is 4.40. The van der Waals surface area contributed by atoms with Gasteiger partial charge in [0, 0.05) is 5.75 Å². The minimum atomic E-state index is -1.47. The maximum absolute atomic E-state index is 13.4. The predicted molar refractivity (Wildman–Crippen MR) is 68.5 cm³/mol. The highest BCUT2D eigenvalue weighted by molar-refractivity contribution is 8.14. The Morgan fingerprint density at radius 2 is 2.00 bits per heavy atom. The third kappa shape index (κ3) is 2.63. The highest BCUT2D eigenvalue weighted by Gasteiger charge is 2.22. The molecule has 1 heterocycles. The summed E-state index contributed by atoms with van der Waals surface area (Å²) in [4.78, 5) is 4.36. The van der Waals surface area contributed by atoms with Gasteiger partial charge in [0.2, 0.25) is 0 Å². The summed E-state index contributed by atoms with van der Waals surface area (Å²) < 4.78 is 39.2. The number of aliphatic imine (C=N–C) groups is 1. The van der Waals surface area contributed by atoms with Crippen LogP contribution >= 0.6 is 11.8 Å². The Balaban J connectivity index is 2.16. The second-order valence-corrected chi connectivity index (χ2v) is 5.41. The standard InChI is InChI=1S/C12H13F3N2S/c1-6(2)9-5-18-12(17-9)16-8-4-3-7(13)10(14)11(8)15/h3-4,6,9H,5H2,1-2H3,(H,16,17). The van der Waals surface area contributed by atoms with Gasteiger partial charge in [0.15, 0.2) is 22.6 Å². The SMILES string of the molecule is CC(C)C1CSC(Nc2ccc(F)c(F)c2F)=N1. The molecule has 0 bridgehead atoms. The van der Waals surface area contributed by atoms with Crippen molar-refractivity contribution in [1.82, 2.24) is 0 Å². The lowest BCUT2D eigenvalue weighted by molar-refractivity contribution is 0.449. The second kappa shape index (κ2) is 5.22. The van der Waals surface area contributed by atoms with Crippen molar-refractivity contribution in [3.05, 3.63) is 29.6 Å². The van der Waals surface area contributed by atoms with Crippen molar-refractivity contribution in [3.63, 3.8) is 0 Å². The Morgan fingerprint density at radius 3 is 2.61 bits per heavy atom. The smallest absolute Gasteiger partial charge is 0.196 e. The zero-order valence-electron chi connectivity index (χ0n) is 10.0. The zero-order valence-corrected chi connectivity index (χ0v) is 10.8. The van der Waals surface area contributed by atoms with Crippen LogP contribution in [-0.4, -0.2) is 17.0 Å². The van der Waals surface area contributed by atoms with Crippen LogP contribution in [0.15, 0.2) is 17.1 Å². The third-order valence-corrected chi connectivity index (χ3v) is 3.71. The fourth-order valence-electron chi connectivity index (χ4n) is 1.54. The number of anilines is 1. The first kappa shape index (κ1) is 13.3. The molecule has 0 spiro atoms. The molecule has 0 fully saturated rings. The first-order chi connectivity index (χ1) is 8.49. The topological polar surface area (TPSA) is 24.4 Å². The Bertz CT molecular complexity index is 488. The van der Waals surface area contributed by atoms with Crippen molar-refractivity contribution in [2.24, 2.45) is 10.9 Å². The number of amidine groups is 1. The van der Waals surface area contributed by atoms with Crippen molar-refractivity contribution in [1.29, 1.82) is 0 Å². The summed E-state index contributed by atoms with van der Waals surface area (Å²) >= 11 is 1.45. The van der Waals surface area contributed by atoms with E-state index in [2.05, 4.69) is 24.2 Å². The van der Waals surface area contributed by atoms with Gasteiger partial charge < -0.3 is 5.32 Å². The lowest BCUT2D eigenvalue weighted by atomic mass is 10.1. The largest absolute Gasteiger partial charge is 0.332 e. The van der Waals surface area contributed by atoms with Crippen LogP contribution in [0.1, 0.15) is 13.8 Å². The normalized spacial score (nSPS) is 19.2. The summed E-state index contributed by atoms with van der Waals surface area (Å²) in [6.45, 7) is 4.10. The van der Waals surface area contributed by atoms with Gasteiger partial charge in [-0.3, -0.25) is 4.99 Å². The van der Waals surface area contributed by atoms with E-state index in [1.807, 2.05) is 0 Å². The van der Waals surface area contributed by atoms with Crippen LogP contribution < -0.4 is 5.32 Å². The van der Waals surface area contributed by atoms with Gasteiger partial charge in [-0.2, -0.15) is 0 Å². The molecule has 1 N–H and O–H groups in total. The summed E-state index contributed by atoms with van der Waals surface area (Å²) in [6, 6.07) is 2.23. The fraction of sp³-hybridized carbons (Fsp3) is 0.417. The molecule has 0 aromatic heterocycles. The summed E-state index contributed by atoms with van der Waals surface area (Å²) in [6.07, 6.45) is 0. The van der Waals surface area contributed by atoms with Crippen LogP contribution in [0, 0.1) is 23.4 Å². The number of nitrogens with one attached hydrogen (secondary N) is 1. The Hall–Kier alpha value is -1.17. The highest BCUT2D eigenvalue weighted by Crippen LogP contribution is 2.26. The van der Waals surface area contributed by atoms with Crippen molar-refractivity contribution in [2.45, 2.75) is 19.9 Å². The van der Waals surface area contributed by atoms with Crippen molar-refractivity contribution in [3.8, 4) is 0 Å². The van der Waals surface area contributed by atoms with Crippen LogP contribution in [0.25, 0.3) is 0 Å². The van der Waals surface area contributed by atoms with E-state index >= 15 is 0 Å². The first-order valence-electron chi connectivity index (χ1n) is 5.60. The minimum absolute atomic E-state index is 0.0930. The molecule has 0 saturated carbocycles. The number of rotatable bonds is 2. The molecule has 2 rings (SSSR count). The van der Waals surface area contributed by atoms with Gasteiger partial charge in [-0.1, -0.05) is 25.6 Å². The summed E-state index contributed by atoms with van der Waals surface area (Å²) in [5.74, 6) is -2.67. The van der Waals surface area contributed by atoms with Crippen LogP contribution in [0.2, 0.25) is 0 Å². The van der Waals surface area contributed by atoms with Gasteiger partial charge in [0.1, 0.15) is 0 Å². The zero-order chi connectivity index (χ0) is 13.3. The van der Waals surface area contributed by atoms with Crippen LogP contribution in [0.5, 0.6) is 0 Å². The molecule has 1 aromatic rings. The molecule has 1 aliphatic heterocycles. The highest BCUT2D eigenvalue weighted by atomic mass is 32.2. The van der Waals surface area contributed by atoms with Gasteiger partial charge >= 0.3 is 0 Å². The first-order valence-corrected chi connectivity index (χ1v) is 6.58. The van der Waals surface area contributed by atoms with E-state index in [0.717, 1.165) is 11.8 Å². The minimum Gasteiger partial charge on any atom is -0.332 e. The molecule has 2 nitrogen and oxygen atoms in total. The van der Waals surface area contributed by atoms with Gasteiger partial charge in [0.05, 0.1) is 11.7 Å². The van der Waals surface area contributed by atoms with E-state index in [1.165, 1.54) is 17.8 Å². The van der Waals surface area contributed by atoms with E-state index < -0.39 is 17.5 Å². The van der Waals surface area contributed by atoms with Gasteiger partial charge in [0.25, 0.3) is 0 Å². The molecule has 1 atom stereocenters. The summed E-state index contributed by atoms with van der Waals surface area (Å²) in [5.41, 5.74) is -0.0930. The molecule has 1 unspecified atom stereocenters. The lowest BCUT2D eigenvalue weighted by Crippen LogP contribution is -2.12. The van der Waals surface area contributed by atoms with E-state index in [-0.39, 0.29) is 11.7 Å². The average molecular weight is 274 g/mol. The average Bonchev–Trinajstić information content (AvgIpc) is 2.79. The number of thioether (sulfide) groups is 1. The molecular weight excluding hydrogens is 261 g/mol. The van der Waals surface area contributed by atoms with Crippen LogP contribution in [0.4, 0.5) is 18.9 Å². The maximum Gasteiger partial charge on any atom is 0.196 e. The van der Waals surface area contributed by atoms with Crippen LogP contribution in [-0.2, 0) is 0 Å². The molecule has 1 aliphatic rings. The number of hydrogen-bond acceptors (Lipinski definition) is 3. The molecular formula is C12H13F3N2S. The number of halogens is 3. The lowest BCUT2D eigenvalue weighted by Gasteiger charge is -2.08. The van der Waals surface area contributed by atoms with E-state index in [0.29, 0.717) is 11.1 Å². The quantitative estimate of drug-likeness (QED) is 0.833. The molecule has 0 aliphatic carbocycles. The number of nitrogens with zero attached hydrogens (tertiary/aromatic N) is 1. The van der Waals surface area contributed by atoms with Gasteiger partial charge in [-0.05, 0) is 18.1 Å². The van der Waals surface area contributed by atoms with Gasteiger partial charge in [-0.15, -0.1) is 0 Å². The molecule has 6 heteroatoms. The van der Waals surface area contributed by atoms with Crippen LogP contribution in [0.3, 0.4) is 0 Å². The number of benzene rings is 1. The maximum atomic E-state index is 13.4. The van der Waals surface area contributed by atoms with E-state index in [1.54, 1.807) is 0 Å². The third-order valence-electron chi connectivity index (χ3n) is 2.72. The predicted octanol–water partition coefficient (Wildman–Crippen LogP) is 3.64. The molecule has 0 amide bonds. The molecule has 1 aromatic carbocycles. The van der Waals surface area contributed by atoms with Gasteiger partial charge in [-0.25, -0.2) is 13.2 Å². The van der Waals surface area contributed by atoms with E-state index in [4.69, 9.17) is 0 Å². The fourth-order valence-corrected chi connectivity index (χ4v) is 2.72. The molecule has 0 saturated heterocycles. The van der Waals surface area contributed by atoms with Crippen molar-refractivity contribution < 1.29 is 13.2 Å². The monoisotopic (exact) mass is 274 g/mol. The van der Waals surface area contributed by atoms with Crippen molar-refractivity contribution in [2.75, 3.05) is 11.1 Å². The Labute approximate surface area is 108 Å². The molecule has 18 heavy (non-hydrogen) atoms. The summed E-state index contributed by atoms with van der Waals surface area (Å²) in [7, 11) is 0.